The van der Waals surface area contributed by atoms with Crippen molar-refractivity contribution >= 4 is 83.9 Å². The number of rotatable bonds is 68. The Kier molecular flexibility index (Phi) is 84.1. The van der Waals surface area contributed by atoms with Gasteiger partial charge < -0.3 is 166 Å². The summed E-state index contributed by atoms with van der Waals surface area (Å²) in [6, 6.07) is -8.24. The molecule has 0 bridgehead atoms. The molecule has 0 heterocycles. The Morgan fingerprint density at radius 3 is 0.829 bits per heavy atom. The van der Waals surface area contributed by atoms with Crippen molar-refractivity contribution in [2.75, 3.05) is 132 Å². The molecule has 0 aliphatic carbocycles. The number of carboxylic acid groups (broad SMARTS) is 7. The van der Waals surface area contributed by atoms with Crippen molar-refractivity contribution in [3.63, 3.8) is 0 Å². The van der Waals surface area contributed by atoms with E-state index in [0.29, 0.717) is 77.0 Å². The van der Waals surface area contributed by atoms with Crippen molar-refractivity contribution in [2.45, 2.75) is 152 Å². The molecule has 7 unspecified atom stereocenters. The lowest BCUT2D eigenvalue weighted by Crippen LogP contribution is -2.43. The highest BCUT2D eigenvalue weighted by molar-refractivity contribution is 5.85. The lowest BCUT2D eigenvalue weighted by molar-refractivity contribution is -0.790. The third-order valence-electron chi connectivity index (χ3n) is 13.0. The summed E-state index contributed by atoms with van der Waals surface area (Å²) in [6.45, 7) is -6.54. The van der Waals surface area contributed by atoms with Crippen molar-refractivity contribution in [1.29, 1.82) is 0 Å². The first-order chi connectivity index (χ1) is 60.6. The zero-order chi connectivity index (χ0) is 100. The summed E-state index contributed by atoms with van der Waals surface area (Å²) < 4.78 is 23.2. The number of carbonyl (C=O) groups is 14. The Morgan fingerprint density at radius 1 is 0.264 bits per heavy atom. The summed E-state index contributed by atoms with van der Waals surface area (Å²) in [7, 11) is 0. The Balaban J connectivity index is -0.000000270. The molecule has 71 heteroatoms. The topological polar surface area (TPSA) is 1050 Å². The molecule has 0 aliphatic heterocycles. The average Bonchev–Trinajstić information content (AvgIpc) is 0.971. The van der Waals surface area contributed by atoms with Gasteiger partial charge in [0.2, 0.25) is 17.7 Å². The number of hydrogen-bond donors (Lipinski definition) is 20. The smallest absolute Gasteiger partial charge is 0.408 e. The van der Waals surface area contributed by atoms with Crippen molar-refractivity contribution in [3.8, 4) is 0 Å². The minimum absolute atomic E-state index is 0.0187. The normalized spacial score (nSPS) is 11.4. The number of carboxylic acids is 7. The van der Waals surface area contributed by atoms with Crippen LogP contribution < -0.4 is 37.2 Å². The van der Waals surface area contributed by atoms with Gasteiger partial charge in [-0.15, -0.1) is 80.9 Å². The van der Waals surface area contributed by atoms with Gasteiger partial charge in [-0.05, 0) is 83.5 Å². The second kappa shape index (κ2) is 85.3. The van der Waals surface area contributed by atoms with Gasteiger partial charge in [0.25, 0.3) is 40.7 Å². The maximum Gasteiger partial charge on any atom is 0.408 e. The molecule has 0 aromatic rings. The fraction of sp³-hybridized carbons (Fsp3) is 0.759. The van der Waals surface area contributed by atoms with E-state index in [1.54, 1.807) is 0 Å². The van der Waals surface area contributed by atoms with Crippen LogP contribution in [0.4, 0.5) is 19.2 Å². The summed E-state index contributed by atoms with van der Waals surface area (Å²) in [5.41, 5.74) is 0. The number of nitrogens with one attached hydrogen (secondary N) is 7. The summed E-state index contributed by atoms with van der Waals surface area (Å²) in [5, 5.41) is 196. The first kappa shape index (κ1) is 127. The van der Waals surface area contributed by atoms with Crippen LogP contribution in [-0.2, 0) is 110 Å². The molecule has 129 heavy (non-hydrogen) atoms. The molecule has 20 N–H and O–H groups in total. The quantitative estimate of drug-likeness (QED) is 0.0117. The van der Waals surface area contributed by atoms with E-state index >= 15 is 0 Å². The summed E-state index contributed by atoms with van der Waals surface area (Å²) in [4.78, 5) is 261. The fourth-order valence-corrected chi connectivity index (χ4v) is 7.00. The van der Waals surface area contributed by atoms with E-state index in [-0.39, 0.29) is 111 Å². The standard InChI is InChI=1S/C9H15N3O10.C9H16N2O8.C9H16N2O7.C8H14N2O9.C8H14N2O8.C8H14N2O7.C7H12N2O7/c13-8(14)5-10-9(15)20-4-2-1-3-7(22-12(18)19)6-21-11(16)17;12-6-7(8(13)14)10-9(15)18-4-2-1-3-5-19-11(16)17;12-6-7(9(14)15)10-8(13)4-2-1-3-5-18-11(16)17;11-5-6(7(12)13)9-8(14)18-3-1-17-2-4-19-10(15)16;11-5-6(7(12)13)9-8(14)17-3-1-2-4-18-10(15)16;11-5-6(8(13)14)9-7(12)3-1-2-4-17-10(15)16;10-4-5(7(12)13)8-6(11)2-1-3-16-9(14)15/h7H,1-6H2,(H,10,15)(H,13,14);7,12H,1-6H2,(H,10,15)(H,13,14);7,12H,1-6H2,(H,10,13)(H,14,15);6,11H,1-5H2,(H,9,14)(H,12,13);6,11H,1-5H2,(H,9,14)(H,12,13);6,11H,1-5H2,(H,9,12)(H,13,14);5,10H,1-4H2,(H,8,11)(H,12,13). The first-order valence-electron chi connectivity index (χ1n) is 36.3. The van der Waals surface area contributed by atoms with Crippen LogP contribution in [0.3, 0.4) is 0 Å². The monoisotopic (exact) mass is 1900 g/mol. The molecule has 0 aliphatic rings. The van der Waals surface area contributed by atoms with Gasteiger partial charge in [-0.2, -0.15) is 0 Å². The number of amides is 7. The highest BCUT2D eigenvalue weighted by Gasteiger charge is 2.25. The highest BCUT2D eigenvalue weighted by Crippen LogP contribution is 2.08. The van der Waals surface area contributed by atoms with E-state index in [2.05, 4.69) is 68.3 Å². The van der Waals surface area contributed by atoms with Gasteiger partial charge in [0.05, 0.1) is 106 Å². The molecular formula is C58H101N15O56. The number of unbranched alkanes of at least 4 members (excludes halogenated alkanes) is 7. The molecule has 0 saturated carbocycles. The van der Waals surface area contributed by atoms with Crippen LogP contribution in [0.2, 0.25) is 0 Å². The SMILES string of the molecule is O=C(CCCCCO[N+](=O)[O-])NC(CO)C(=O)O.O=C(CCCCO[N+](=O)[O-])NC(CO)C(=O)O.O=C(CCCO[N+](=O)[O-])NC(CO)C(=O)O.O=C(NC(CO)C(=O)O)OCCCCCO[N+](=O)[O-].O=C(NC(CO)C(=O)O)OCCCCO[N+](=O)[O-].O=C(NC(CO)C(=O)O)OCCOCCO[N+](=O)[O-].O=C(O)CNC(=O)OCCCCC(CO[N+](=O)[O-])O[N+](=O)[O-]. The Morgan fingerprint density at radius 2 is 0.512 bits per heavy atom. The second-order valence-electron chi connectivity index (χ2n) is 22.9. The maximum atomic E-state index is 11.2. The number of ether oxygens (including phenoxy) is 5. The van der Waals surface area contributed by atoms with Gasteiger partial charge in [0, 0.05) is 19.3 Å². The predicted octanol–water partition coefficient (Wildman–Crippen LogP) is -6.40. The van der Waals surface area contributed by atoms with Gasteiger partial charge in [-0.3, -0.25) is 19.2 Å². The highest BCUT2D eigenvalue weighted by atomic mass is 17.0. The molecular weight excluding hydrogens is 1800 g/mol. The zero-order valence-electron chi connectivity index (χ0n) is 67.7. The number of alkyl carbamates (subject to hydrolysis) is 4. The Labute approximate surface area is 720 Å². The van der Waals surface area contributed by atoms with Crippen LogP contribution in [0.25, 0.3) is 0 Å². The number of aliphatic carboxylic acids is 7. The van der Waals surface area contributed by atoms with E-state index in [4.69, 9.17) is 71.1 Å². The lowest BCUT2D eigenvalue weighted by atomic mass is 10.2. The fourth-order valence-electron chi connectivity index (χ4n) is 7.00. The molecule has 7 atom stereocenters. The number of carbonyl (C=O) groups excluding carboxylic acids is 7. The maximum absolute atomic E-state index is 11.2. The van der Waals surface area contributed by atoms with Crippen molar-refractivity contribution in [1.82, 2.24) is 37.2 Å². The minimum atomic E-state index is -1.44. The van der Waals surface area contributed by atoms with Crippen LogP contribution in [0.15, 0.2) is 0 Å². The van der Waals surface area contributed by atoms with Crippen LogP contribution in [0.5, 0.6) is 0 Å². The summed E-state index contributed by atoms with van der Waals surface area (Å²) in [5.74, 6) is -11.0. The Hall–Kier alpha value is -14.9. The second-order valence-corrected chi connectivity index (χ2v) is 22.9. The largest absolute Gasteiger partial charge is 0.480 e. The molecule has 744 valence electrons. The van der Waals surface area contributed by atoms with Crippen LogP contribution >= 0.6 is 0 Å². The Bertz CT molecular complexity index is 3210. The minimum Gasteiger partial charge on any atom is -0.480 e. The average molecular weight is 1900 g/mol. The van der Waals surface area contributed by atoms with Gasteiger partial charge >= 0.3 is 66.2 Å². The molecule has 0 aromatic heterocycles. The molecule has 0 radical (unpaired) electrons. The number of aliphatic hydroxyl groups is 6. The predicted molar refractivity (Wildman–Crippen MR) is 398 cm³/mol. The number of aliphatic hydroxyl groups excluding tert-OH is 6. The van der Waals surface area contributed by atoms with Gasteiger partial charge in [-0.25, -0.2) is 47.9 Å². The molecule has 0 spiro atoms. The number of hydrogen-bond acceptors (Lipinski definition) is 49. The summed E-state index contributed by atoms with van der Waals surface area (Å²) in [6.07, 6.45) is 0.0399. The van der Waals surface area contributed by atoms with Gasteiger partial charge in [0.1, 0.15) is 50.6 Å². The van der Waals surface area contributed by atoms with Crippen molar-refractivity contribution in [2.24, 2.45) is 0 Å². The van der Waals surface area contributed by atoms with E-state index in [9.17, 15) is 148 Å². The van der Waals surface area contributed by atoms with Gasteiger partial charge in [-0.1, -0.05) is 6.42 Å². The van der Waals surface area contributed by atoms with E-state index in [0.717, 1.165) is 0 Å². The van der Waals surface area contributed by atoms with E-state index in [1.807, 2.05) is 26.6 Å². The molecule has 71 nitrogen and oxygen atoms in total. The van der Waals surface area contributed by atoms with E-state index in [1.165, 1.54) is 0 Å². The first-order valence-corrected chi connectivity index (χ1v) is 36.3. The summed E-state index contributed by atoms with van der Waals surface area (Å²) >= 11 is 0. The molecule has 0 saturated heterocycles. The zero-order valence-corrected chi connectivity index (χ0v) is 67.7. The van der Waals surface area contributed by atoms with Gasteiger partial charge in [0.15, 0.2) is 18.1 Å². The molecule has 7 amide bonds. The van der Waals surface area contributed by atoms with Crippen molar-refractivity contribution in [3.05, 3.63) is 80.9 Å². The lowest BCUT2D eigenvalue weighted by Gasteiger charge is -2.13. The van der Waals surface area contributed by atoms with Crippen LogP contribution in [-0.4, -0.2) is 365 Å². The van der Waals surface area contributed by atoms with Crippen LogP contribution in [0.1, 0.15) is 109 Å². The third kappa shape index (κ3) is 96.8. The van der Waals surface area contributed by atoms with Crippen LogP contribution in [0, 0.1) is 80.9 Å². The molecule has 0 rings (SSSR count). The molecule has 0 aromatic carbocycles. The van der Waals surface area contributed by atoms with E-state index < -0.39 is 220 Å². The number of nitrogens with zero attached hydrogens (tertiary/aromatic N) is 8. The van der Waals surface area contributed by atoms with Crippen molar-refractivity contribution < 1.29 is 237 Å². The third-order valence-corrected chi connectivity index (χ3v) is 13.0. The molecule has 0 fully saturated rings.